The first-order chi connectivity index (χ1) is 15.4. The van der Waals surface area contributed by atoms with Crippen molar-refractivity contribution >= 4 is 31.4 Å². The van der Waals surface area contributed by atoms with Gasteiger partial charge in [-0.15, -0.1) is 0 Å². The largest absolute Gasteiger partial charge is 0.277 e. The Kier molecular flexibility index (Phi) is 7.14. The molecule has 6 nitrogen and oxygen atoms in total. The third-order valence-corrected chi connectivity index (χ3v) is 7.95. The average Bonchev–Trinajstić information content (AvgIpc) is 2.75. The maximum atomic E-state index is 13.9. The second-order valence-corrected chi connectivity index (χ2v) is 11.7. The van der Waals surface area contributed by atoms with Crippen LogP contribution in [0.1, 0.15) is 50.7 Å². The summed E-state index contributed by atoms with van der Waals surface area (Å²) in [5.41, 5.74) is 1.64. The summed E-state index contributed by atoms with van der Waals surface area (Å²) in [5.74, 6) is -0.247. The molecule has 9 heteroatoms. The van der Waals surface area contributed by atoms with E-state index >= 15 is 0 Å². The first-order valence-corrected chi connectivity index (χ1v) is 13.4. The molecular formula is C24H27FN2O4S2. The van der Waals surface area contributed by atoms with E-state index in [9.17, 15) is 21.2 Å². The van der Waals surface area contributed by atoms with Crippen molar-refractivity contribution in [2.75, 3.05) is 9.44 Å². The Morgan fingerprint density at radius 3 is 1.39 bits per heavy atom. The van der Waals surface area contributed by atoms with Gasteiger partial charge in [-0.05, 0) is 59.4 Å². The average molecular weight is 491 g/mol. The molecule has 0 radical (unpaired) electrons. The van der Waals surface area contributed by atoms with Crippen molar-refractivity contribution in [1.82, 2.24) is 0 Å². The van der Waals surface area contributed by atoms with Crippen LogP contribution >= 0.6 is 0 Å². The van der Waals surface area contributed by atoms with Crippen molar-refractivity contribution in [2.24, 2.45) is 0 Å². The summed E-state index contributed by atoms with van der Waals surface area (Å²) >= 11 is 0. The molecule has 0 aliphatic heterocycles. The van der Waals surface area contributed by atoms with Crippen LogP contribution in [0, 0.1) is 5.82 Å². The number of hydrogen-bond acceptors (Lipinski definition) is 4. The molecule has 0 unspecified atom stereocenters. The lowest BCUT2D eigenvalue weighted by Crippen LogP contribution is -2.18. The molecule has 0 spiro atoms. The Bertz CT molecular complexity index is 1330. The Morgan fingerprint density at radius 1 is 0.606 bits per heavy atom. The summed E-state index contributed by atoms with van der Waals surface area (Å²) in [4.78, 5) is -0.0106. The van der Waals surface area contributed by atoms with Gasteiger partial charge < -0.3 is 0 Å². The molecule has 0 saturated heterocycles. The smallest absolute Gasteiger partial charge is 0.261 e. The van der Waals surface area contributed by atoms with Crippen molar-refractivity contribution in [2.45, 2.75) is 49.3 Å². The van der Waals surface area contributed by atoms with Gasteiger partial charge in [-0.3, -0.25) is 9.44 Å². The van der Waals surface area contributed by atoms with Gasteiger partial charge in [-0.25, -0.2) is 21.2 Å². The monoisotopic (exact) mass is 490 g/mol. The molecule has 3 aromatic rings. The minimum Gasteiger partial charge on any atom is -0.277 e. The van der Waals surface area contributed by atoms with E-state index in [1.54, 1.807) is 24.3 Å². The van der Waals surface area contributed by atoms with Gasteiger partial charge in [0.1, 0.15) is 5.82 Å². The van der Waals surface area contributed by atoms with Crippen LogP contribution in [0.25, 0.3) is 0 Å². The van der Waals surface area contributed by atoms with E-state index < -0.39 is 25.9 Å². The Hall–Kier alpha value is -2.91. The number of anilines is 2. The predicted molar refractivity (Wildman–Crippen MR) is 129 cm³/mol. The van der Waals surface area contributed by atoms with Crippen LogP contribution in [-0.4, -0.2) is 16.8 Å². The van der Waals surface area contributed by atoms with Crippen LogP contribution in [0.5, 0.6) is 0 Å². The summed E-state index contributed by atoms with van der Waals surface area (Å²) in [7, 11) is -8.12. The van der Waals surface area contributed by atoms with Gasteiger partial charge in [-0.2, -0.15) is 0 Å². The lowest BCUT2D eigenvalue weighted by molar-refractivity contribution is 0.598. The van der Waals surface area contributed by atoms with Gasteiger partial charge in [0.15, 0.2) is 0 Å². The molecule has 0 saturated carbocycles. The minimum atomic E-state index is -4.08. The molecule has 176 valence electrons. The molecule has 3 aromatic carbocycles. The van der Waals surface area contributed by atoms with Crippen molar-refractivity contribution in [3.8, 4) is 0 Å². The van der Waals surface area contributed by atoms with Crippen LogP contribution in [0.2, 0.25) is 0 Å². The maximum Gasteiger partial charge on any atom is 0.261 e. The number of benzene rings is 3. The molecule has 0 heterocycles. The SMILES string of the molecule is CC(C)c1ccc(S(=O)(=O)Nc2ccc(F)cc2NS(=O)(=O)c2ccc(C(C)C)cc2)cc1. The molecule has 2 N–H and O–H groups in total. The van der Waals surface area contributed by atoms with E-state index in [0.717, 1.165) is 23.3 Å². The zero-order valence-corrected chi connectivity index (χ0v) is 20.5. The molecule has 0 aromatic heterocycles. The third-order valence-electron chi connectivity index (χ3n) is 5.18. The number of halogens is 1. The molecule has 0 aliphatic carbocycles. The van der Waals surface area contributed by atoms with Gasteiger partial charge in [0, 0.05) is 6.07 Å². The van der Waals surface area contributed by atoms with Crippen LogP contribution in [0.3, 0.4) is 0 Å². The van der Waals surface area contributed by atoms with Gasteiger partial charge in [-0.1, -0.05) is 52.0 Å². The van der Waals surface area contributed by atoms with Crippen LogP contribution < -0.4 is 9.44 Å². The third kappa shape index (κ3) is 5.91. The molecule has 3 rings (SSSR count). The molecule has 0 aliphatic rings. The fourth-order valence-corrected chi connectivity index (χ4v) is 5.31. The van der Waals surface area contributed by atoms with Crippen LogP contribution in [-0.2, 0) is 20.0 Å². The predicted octanol–water partition coefficient (Wildman–Crippen LogP) is 5.67. The second kappa shape index (κ2) is 9.52. The fraction of sp³-hybridized carbons (Fsp3) is 0.250. The first kappa shape index (κ1) is 24.7. The second-order valence-electron chi connectivity index (χ2n) is 8.35. The number of nitrogens with one attached hydrogen (secondary N) is 2. The minimum absolute atomic E-state index is 0.00862. The van der Waals surface area contributed by atoms with Crippen molar-refractivity contribution in [1.29, 1.82) is 0 Å². The topological polar surface area (TPSA) is 92.3 Å². The van der Waals surface area contributed by atoms with E-state index in [1.807, 2.05) is 27.7 Å². The molecule has 0 amide bonds. The highest BCUT2D eigenvalue weighted by Crippen LogP contribution is 2.29. The van der Waals surface area contributed by atoms with E-state index in [1.165, 1.54) is 30.3 Å². The van der Waals surface area contributed by atoms with E-state index in [0.29, 0.717) is 0 Å². The zero-order chi connectivity index (χ0) is 24.4. The molecule has 33 heavy (non-hydrogen) atoms. The molecule has 0 fully saturated rings. The number of hydrogen-bond donors (Lipinski definition) is 2. The summed E-state index contributed by atoms with van der Waals surface area (Å²) in [6.07, 6.45) is 0. The summed E-state index contributed by atoms with van der Waals surface area (Å²) < 4.78 is 70.1. The van der Waals surface area contributed by atoms with Crippen molar-refractivity contribution < 1.29 is 21.2 Å². The lowest BCUT2D eigenvalue weighted by atomic mass is 10.0. The number of sulfonamides is 2. The highest BCUT2D eigenvalue weighted by molar-refractivity contribution is 7.93. The van der Waals surface area contributed by atoms with Crippen LogP contribution in [0.15, 0.2) is 76.5 Å². The molecule has 0 atom stereocenters. The fourth-order valence-electron chi connectivity index (χ4n) is 3.16. The molecule has 0 bridgehead atoms. The number of rotatable bonds is 8. The van der Waals surface area contributed by atoms with E-state index in [-0.39, 0.29) is 33.0 Å². The van der Waals surface area contributed by atoms with E-state index in [2.05, 4.69) is 9.44 Å². The zero-order valence-electron chi connectivity index (χ0n) is 18.8. The Labute approximate surface area is 195 Å². The molecular weight excluding hydrogens is 463 g/mol. The van der Waals surface area contributed by atoms with Gasteiger partial charge in [0.05, 0.1) is 21.2 Å². The Morgan fingerprint density at radius 2 is 1.00 bits per heavy atom. The van der Waals surface area contributed by atoms with Gasteiger partial charge >= 0.3 is 0 Å². The standard InChI is InChI=1S/C24H27FN2O4S2/c1-16(2)18-5-10-21(11-6-18)32(28,29)26-23-14-9-20(25)15-24(23)27-33(30,31)22-12-7-19(8-13-22)17(3)4/h5-17,26-27H,1-4H3. The highest BCUT2D eigenvalue weighted by Gasteiger charge is 2.21. The summed E-state index contributed by atoms with van der Waals surface area (Å²) in [6.45, 7) is 7.97. The van der Waals surface area contributed by atoms with Crippen LogP contribution in [0.4, 0.5) is 15.8 Å². The first-order valence-electron chi connectivity index (χ1n) is 10.4. The van der Waals surface area contributed by atoms with Crippen molar-refractivity contribution in [3.05, 3.63) is 83.7 Å². The van der Waals surface area contributed by atoms with Gasteiger partial charge in [0.25, 0.3) is 20.0 Å². The normalized spacial score (nSPS) is 12.2. The summed E-state index contributed by atoms with van der Waals surface area (Å²) in [6, 6.07) is 15.9. The Balaban J connectivity index is 1.91. The lowest BCUT2D eigenvalue weighted by Gasteiger charge is -2.15. The maximum absolute atomic E-state index is 13.9. The van der Waals surface area contributed by atoms with Crippen molar-refractivity contribution in [3.63, 3.8) is 0 Å². The van der Waals surface area contributed by atoms with Gasteiger partial charge in [0.2, 0.25) is 0 Å². The summed E-state index contributed by atoms with van der Waals surface area (Å²) in [5, 5.41) is 0. The quantitative estimate of drug-likeness (QED) is 0.425. The highest BCUT2D eigenvalue weighted by atomic mass is 32.2. The van der Waals surface area contributed by atoms with E-state index in [4.69, 9.17) is 0 Å².